The molecule has 220 valence electrons. The monoisotopic (exact) mass is 633 g/mol. The fourth-order valence-electron chi connectivity index (χ4n) is 5.65. The molecule has 1 aliphatic rings. The molecular weight excluding hydrogens is 607 g/mol. The number of esters is 1. The lowest BCUT2D eigenvalue weighted by Crippen LogP contribution is -2.45. The number of rotatable bonds is 6. The highest BCUT2D eigenvalue weighted by Crippen LogP contribution is 2.53. The van der Waals surface area contributed by atoms with Crippen molar-refractivity contribution in [2.45, 2.75) is 50.6 Å². The van der Waals surface area contributed by atoms with Crippen LogP contribution in [0, 0.1) is 28.4 Å². The second-order valence-corrected chi connectivity index (χ2v) is 12.6. The normalized spacial score (nSPS) is 22.0. The van der Waals surface area contributed by atoms with E-state index >= 15 is 8.78 Å². The van der Waals surface area contributed by atoms with Crippen LogP contribution in [-0.2, 0) is 14.9 Å². The van der Waals surface area contributed by atoms with E-state index in [0.29, 0.717) is 6.42 Å². The van der Waals surface area contributed by atoms with Gasteiger partial charge in [-0.3, -0.25) is 4.79 Å². The van der Waals surface area contributed by atoms with Crippen LogP contribution in [0.15, 0.2) is 54.6 Å². The summed E-state index contributed by atoms with van der Waals surface area (Å²) in [5, 5.41) is 16.9. The van der Waals surface area contributed by atoms with Gasteiger partial charge in [-0.15, -0.1) is 0 Å². The number of carbonyl (C=O) groups excluding carboxylic acids is 2. The van der Waals surface area contributed by atoms with Crippen LogP contribution in [0.1, 0.15) is 54.6 Å². The van der Waals surface area contributed by atoms with Gasteiger partial charge in [-0.1, -0.05) is 73.8 Å². The molecule has 4 atom stereocenters. The fraction of sp³-hybridized carbons (Fsp3) is 0.323. The topological polar surface area (TPSA) is 91.2 Å². The zero-order valence-corrected chi connectivity index (χ0v) is 25.5. The second-order valence-electron chi connectivity index (χ2n) is 11.4. The highest BCUT2D eigenvalue weighted by Gasteiger charge is 2.61. The third-order valence-electron chi connectivity index (χ3n) is 7.37. The van der Waals surface area contributed by atoms with Gasteiger partial charge in [-0.25, -0.2) is 13.6 Å². The van der Waals surface area contributed by atoms with E-state index in [-0.39, 0.29) is 42.9 Å². The first-order chi connectivity index (χ1) is 19.7. The number of anilines is 1. The molecule has 3 aromatic carbocycles. The number of hydrogen-bond acceptors (Lipinski definition) is 5. The summed E-state index contributed by atoms with van der Waals surface area (Å²) >= 11 is 18.5. The Morgan fingerprint density at radius 3 is 2.38 bits per heavy atom. The Hall–Kier alpha value is -3.22. The summed E-state index contributed by atoms with van der Waals surface area (Å²) in [5.41, 5.74) is -1.86. The predicted octanol–water partition coefficient (Wildman–Crippen LogP) is 7.67. The Morgan fingerprint density at radius 1 is 1.07 bits per heavy atom. The summed E-state index contributed by atoms with van der Waals surface area (Å²) in [6.07, 6.45) is 0.324. The van der Waals surface area contributed by atoms with Crippen molar-refractivity contribution in [1.29, 1.82) is 5.26 Å². The number of nitriles is 1. The summed E-state index contributed by atoms with van der Waals surface area (Å²) in [6.45, 7) is 5.84. The van der Waals surface area contributed by atoms with E-state index in [9.17, 15) is 14.9 Å². The number of hydrogen-bond donors (Lipinski definition) is 2. The molecule has 2 N–H and O–H groups in total. The lowest BCUT2D eigenvalue weighted by Gasteiger charge is -2.37. The third kappa shape index (κ3) is 5.97. The Kier molecular flexibility index (Phi) is 9.19. The van der Waals surface area contributed by atoms with Gasteiger partial charge in [-0.2, -0.15) is 5.26 Å². The van der Waals surface area contributed by atoms with Gasteiger partial charge in [0.05, 0.1) is 34.8 Å². The molecule has 11 heteroatoms. The maximum atomic E-state index is 15.8. The highest BCUT2D eigenvalue weighted by molar-refractivity contribution is 6.34. The number of nitrogens with one attached hydrogen (secondary N) is 2. The number of methoxy groups -OCH3 is 1. The second kappa shape index (κ2) is 12.2. The smallest absolute Gasteiger partial charge is 0.339 e. The molecule has 42 heavy (non-hydrogen) atoms. The van der Waals surface area contributed by atoms with E-state index in [1.54, 1.807) is 0 Å². The van der Waals surface area contributed by atoms with Crippen molar-refractivity contribution in [2.75, 3.05) is 12.4 Å². The molecule has 3 aromatic rings. The van der Waals surface area contributed by atoms with Crippen molar-refractivity contribution in [3.63, 3.8) is 0 Å². The van der Waals surface area contributed by atoms with Crippen LogP contribution in [-0.4, -0.2) is 31.1 Å². The zero-order valence-electron chi connectivity index (χ0n) is 23.2. The first-order valence-corrected chi connectivity index (χ1v) is 14.1. The minimum atomic E-state index is -1.76. The van der Waals surface area contributed by atoms with Crippen molar-refractivity contribution in [1.82, 2.24) is 5.32 Å². The number of nitrogens with zero attached hydrogens (tertiary/aromatic N) is 1. The van der Waals surface area contributed by atoms with Crippen molar-refractivity contribution in [2.24, 2.45) is 5.41 Å². The highest BCUT2D eigenvalue weighted by atomic mass is 35.5. The number of carbonyl (C=O) groups is 2. The molecule has 0 spiro atoms. The number of ether oxygens (including phenoxy) is 1. The molecule has 0 radical (unpaired) electrons. The Bertz CT molecular complexity index is 1590. The Labute approximate surface area is 257 Å². The van der Waals surface area contributed by atoms with Crippen LogP contribution in [0.2, 0.25) is 15.1 Å². The van der Waals surface area contributed by atoms with Gasteiger partial charge < -0.3 is 15.4 Å². The minimum absolute atomic E-state index is 0.0264. The van der Waals surface area contributed by atoms with Crippen LogP contribution in [0.25, 0.3) is 0 Å². The van der Waals surface area contributed by atoms with Crippen molar-refractivity contribution < 1.29 is 23.1 Å². The lowest BCUT2D eigenvalue weighted by molar-refractivity contribution is -0.118. The molecule has 4 unspecified atom stereocenters. The molecule has 0 aromatic heterocycles. The molecule has 0 aliphatic carbocycles. The lowest BCUT2D eigenvalue weighted by atomic mass is 9.62. The van der Waals surface area contributed by atoms with E-state index in [2.05, 4.69) is 16.7 Å². The zero-order chi connectivity index (χ0) is 31.0. The third-order valence-corrected chi connectivity index (χ3v) is 8.21. The van der Waals surface area contributed by atoms with Gasteiger partial charge >= 0.3 is 5.97 Å². The summed E-state index contributed by atoms with van der Waals surface area (Å²) < 4.78 is 36.2. The number of amides is 1. The van der Waals surface area contributed by atoms with E-state index < -0.39 is 46.9 Å². The fourth-order valence-corrected chi connectivity index (χ4v) is 6.24. The Morgan fingerprint density at radius 2 is 1.79 bits per heavy atom. The van der Waals surface area contributed by atoms with E-state index in [4.69, 9.17) is 39.5 Å². The van der Waals surface area contributed by atoms with E-state index in [1.807, 2.05) is 20.8 Å². The average Bonchev–Trinajstić information content (AvgIpc) is 3.23. The number of benzene rings is 3. The molecule has 4 rings (SSSR count). The maximum Gasteiger partial charge on any atom is 0.339 e. The largest absolute Gasteiger partial charge is 0.465 e. The summed E-state index contributed by atoms with van der Waals surface area (Å²) in [5.74, 6) is -4.09. The van der Waals surface area contributed by atoms with Crippen LogP contribution < -0.4 is 10.6 Å². The molecular formula is C31H28Cl3F2N3O3. The molecule has 1 saturated heterocycles. The summed E-state index contributed by atoms with van der Waals surface area (Å²) in [4.78, 5) is 25.9. The first kappa shape index (κ1) is 31.7. The number of halogens is 5. The molecule has 1 heterocycles. The van der Waals surface area contributed by atoms with Gasteiger partial charge in [0.25, 0.3) is 0 Å². The minimum Gasteiger partial charge on any atom is -0.465 e. The van der Waals surface area contributed by atoms with E-state index in [0.717, 1.165) is 6.07 Å². The Balaban J connectivity index is 1.91. The van der Waals surface area contributed by atoms with Gasteiger partial charge in [0.1, 0.15) is 17.0 Å². The van der Waals surface area contributed by atoms with E-state index in [1.165, 1.54) is 55.6 Å². The van der Waals surface area contributed by atoms with Gasteiger partial charge in [0.2, 0.25) is 5.91 Å². The molecule has 6 nitrogen and oxygen atoms in total. The first-order valence-electron chi connectivity index (χ1n) is 13.0. The van der Waals surface area contributed by atoms with Crippen LogP contribution in [0.5, 0.6) is 0 Å². The maximum absolute atomic E-state index is 15.8. The average molecular weight is 635 g/mol. The summed E-state index contributed by atoms with van der Waals surface area (Å²) in [7, 11) is 1.22. The van der Waals surface area contributed by atoms with Crippen molar-refractivity contribution >= 4 is 52.4 Å². The molecule has 1 fully saturated rings. The summed E-state index contributed by atoms with van der Waals surface area (Å²) in [6, 6.07) is 12.8. The van der Waals surface area contributed by atoms with Crippen LogP contribution in [0.4, 0.5) is 14.5 Å². The molecule has 1 amide bonds. The van der Waals surface area contributed by atoms with Gasteiger partial charge in [-0.05, 0) is 53.8 Å². The standard InChI is InChI=1S/C31H28Cl3F2N3O3/c1-30(2,3)14-24-31(15-37,20-11-8-16(32)12-23(20)35)25(19-6-5-7-21(33)26(19)36)27(39-24)28(40)38-17-9-10-18(22(34)13-17)29(41)42-4/h5-13,24-25,27,39H,14H2,1-4H3,(H,38,40). The predicted molar refractivity (Wildman–Crippen MR) is 159 cm³/mol. The van der Waals surface area contributed by atoms with Crippen LogP contribution in [0.3, 0.4) is 0 Å². The SMILES string of the molecule is COC(=O)c1ccc(NC(=O)C2NC(CC(C)(C)C)C(C#N)(c3ccc(Cl)cc3F)C2c2cccc(Cl)c2F)cc1Cl. The van der Waals surface area contributed by atoms with Crippen molar-refractivity contribution in [3.05, 3.63) is 98.0 Å². The van der Waals surface area contributed by atoms with Crippen molar-refractivity contribution in [3.8, 4) is 6.07 Å². The van der Waals surface area contributed by atoms with Crippen LogP contribution >= 0.6 is 34.8 Å². The molecule has 1 aliphatic heterocycles. The molecule has 0 bridgehead atoms. The van der Waals surface area contributed by atoms with Gasteiger partial charge in [0.15, 0.2) is 0 Å². The quantitative estimate of drug-likeness (QED) is 0.272. The molecule has 0 saturated carbocycles. The van der Waals surface area contributed by atoms with Gasteiger partial charge in [0, 0.05) is 28.2 Å².